The van der Waals surface area contributed by atoms with Crippen molar-refractivity contribution in [3.8, 4) is 0 Å². The summed E-state index contributed by atoms with van der Waals surface area (Å²) in [6, 6.07) is 0.259. The van der Waals surface area contributed by atoms with Crippen LogP contribution in [0.25, 0.3) is 0 Å². The fourth-order valence-corrected chi connectivity index (χ4v) is 1.80. The molecule has 0 amide bonds. The van der Waals surface area contributed by atoms with Crippen LogP contribution in [0, 0.1) is 5.92 Å². The van der Waals surface area contributed by atoms with E-state index in [9.17, 15) is 5.11 Å². The summed E-state index contributed by atoms with van der Waals surface area (Å²) in [5, 5.41) is 9.45. The Bertz CT molecular complexity index is 105. The molecule has 3 unspecified atom stereocenters. The summed E-state index contributed by atoms with van der Waals surface area (Å²) in [4.78, 5) is 0. The Labute approximate surface area is 62.4 Å². The summed E-state index contributed by atoms with van der Waals surface area (Å²) in [6.07, 6.45) is 4.11. The minimum Gasteiger partial charge on any atom is -0.393 e. The largest absolute Gasteiger partial charge is 0.393 e. The third-order valence-corrected chi connectivity index (χ3v) is 2.54. The molecule has 1 fully saturated rings. The molecule has 60 valence electrons. The summed E-state index contributed by atoms with van der Waals surface area (Å²) in [5.41, 5.74) is 5.80. The van der Waals surface area contributed by atoms with Gasteiger partial charge in [-0.15, -0.1) is 0 Å². The number of hydrogen-bond acceptors (Lipinski definition) is 2. The summed E-state index contributed by atoms with van der Waals surface area (Å²) < 4.78 is 0. The van der Waals surface area contributed by atoms with Crippen molar-refractivity contribution in [2.24, 2.45) is 11.7 Å². The van der Waals surface area contributed by atoms with Crippen molar-refractivity contribution < 1.29 is 5.11 Å². The van der Waals surface area contributed by atoms with Crippen LogP contribution in [0.1, 0.15) is 32.6 Å². The van der Waals surface area contributed by atoms with Gasteiger partial charge in [-0.05, 0) is 25.2 Å². The van der Waals surface area contributed by atoms with Crippen LogP contribution in [0.5, 0.6) is 0 Å². The summed E-state index contributed by atoms with van der Waals surface area (Å²) in [6.45, 7) is 2.01. The second kappa shape index (κ2) is 3.35. The zero-order valence-corrected chi connectivity index (χ0v) is 6.59. The summed E-state index contributed by atoms with van der Waals surface area (Å²) in [7, 11) is 0. The van der Waals surface area contributed by atoms with Crippen molar-refractivity contribution in [3.05, 3.63) is 0 Å². The lowest BCUT2D eigenvalue weighted by Gasteiger charge is -2.20. The van der Waals surface area contributed by atoms with Gasteiger partial charge < -0.3 is 10.8 Å². The Balaban J connectivity index is 2.38. The number of aliphatic hydroxyl groups excluding tert-OH is 1. The van der Waals surface area contributed by atoms with Gasteiger partial charge in [0.1, 0.15) is 0 Å². The fraction of sp³-hybridized carbons (Fsp3) is 1.00. The standard InChI is InChI=1S/C8H17NO/c1-2-8(10)6-4-3-5-7(6)9/h6-8,10H,2-5,9H2,1H3. The predicted octanol–water partition coefficient (Wildman–Crippen LogP) is 0.885. The first-order valence-corrected chi connectivity index (χ1v) is 4.19. The molecule has 10 heavy (non-hydrogen) atoms. The number of hydrogen-bond donors (Lipinski definition) is 2. The first kappa shape index (κ1) is 8.02. The van der Waals surface area contributed by atoms with Crippen LogP contribution in [0.3, 0.4) is 0 Å². The molecule has 2 nitrogen and oxygen atoms in total. The molecule has 1 rings (SSSR count). The Kier molecular flexibility index (Phi) is 2.69. The fourth-order valence-electron chi connectivity index (χ4n) is 1.80. The normalized spacial score (nSPS) is 36.3. The van der Waals surface area contributed by atoms with Gasteiger partial charge in [0.25, 0.3) is 0 Å². The van der Waals surface area contributed by atoms with Crippen LogP contribution < -0.4 is 5.73 Å². The summed E-state index contributed by atoms with van der Waals surface area (Å²) in [5.74, 6) is 0.380. The van der Waals surface area contributed by atoms with Crippen LogP contribution in [-0.2, 0) is 0 Å². The second-order valence-corrected chi connectivity index (χ2v) is 3.23. The van der Waals surface area contributed by atoms with E-state index in [4.69, 9.17) is 5.73 Å². The Hall–Kier alpha value is -0.0800. The van der Waals surface area contributed by atoms with Crippen molar-refractivity contribution >= 4 is 0 Å². The van der Waals surface area contributed by atoms with Crippen LogP contribution in [0.4, 0.5) is 0 Å². The molecule has 0 saturated heterocycles. The van der Waals surface area contributed by atoms with Crippen LogP contribution in [0.15, 0.2) is 0 Å². The molecule has 0 aromatic carbocycles. The lowest BCUT2D eigenvalue weighted by atomic mass is 9.96. The van der Waals surface area contributed by atoms with Crippen LogP contribution in [0.2, 0.25) is 0 Å². The van der Waals surface area contributed by atoms with Gasteiger partial charge >= 0.3 is 0 Å². The lowest BCUT2D eigenvalue weighted by molar-refractivity contribution is 0.0988. The maximum Gasteiger partial charge on any atom is 0.0580 e. The average Bonchev–Trinajstić information content (AvgIpc) is 2.34. The van der Waals surface area contributed by atoms with Gasteiger partial charge in [0.2, 0.25) is 0 Å². The quantitative estimate of drug-likeness (QED) is 0.603. The molecule has 2 heteroatoms. The Morgan fingerprint density at radius 1 is 1.60 bits per heavy atom. The van der Waals surface area contributed by atoms with Gasteiger partial charge in [-0.1, -0.05) is 13.3 Å². The van der Waals surface area contributed by atoms with Gasteiger partial charge in [-0.2, -0.15) is 0 Å². The zero-order valence-electron chi connectivity index (χ0n) is 6.59. The number of nitrogens with two attached hydrogens (primary N) is 1. The highest BCUT2D eigenvalue weighted by Crippen LogP contribution is 2.27. The first-order chi connectivity index (χ1) is 4.75. The molecule has 0 radical (unpaired) electrons. The minimum atomic E-state index is -0.155. The molecule has 1 aliphatic rings. The monoisotopic (exact) mass is 143 g/mol. The average molecular weight is 143 g/mol. The Morgan fingerprint density at radius 3 is 2.70 bits per heavy atom. The number of rotatable bonds is 2. The van der Waals surface area contributed by atoms with Gasteiger partial charge in [-0.3, -0.25) is 0 Å². The van der Waals surface area contributed by atoms with E-state index in [0.717, 1.165) is 19.3 Å². The SMILES string of the molecule is CCC(O)C1CCCC1N. The molecule has 0 spiro atoms. The second-order valence-electron chi connectivity index (χ2n) is 3.23. The lowest BCUT2D eigenvalue weighted by Crippen LogP contribution is -2.33. The first-order valence-electron chi connectivity index (χ1n) is 4.19. The van der Waals surface area contributed by atoms with Crippen molar-refractivity contribution in [1.29, 1.82) is 0 Å². The van der Waals surface area contributed by atoms with Crippen LogP contribution in [-0.4, -0.2) is 17.3 Å². The third kappa shape index (κ3) is 1.50. The molecule has 3 N–H and O–H groups in total. The minimum absolute atomic E-state index is 0.155. The van der Waals surface area contributed by atoms with E-state index in [2.05, 4.69) is 0 Å². The van der Waals surface area contributed by atoms with E-state index in [1.165, 1.54) is 6.42 Å². The highest BCUT2D eigenvalue weighted by Gasteiger charge is 2.28. The molecule has 0 aromatic heterocycles. The molecule has 0 heterocycles. The molecular weight excluding hydrogens is 126 g/mol. The van der Waals surface area contributed by atoms with E-state index < -0.39 is 0 Å². The van der Waals surface area contributed by atoms with E-state index in [1.807, 2.05) is 6.92 Å². The van der Waals surface area contributed by atoms with Gasteiger partial charge in [0.05, 0.1) is 6.10 Å². The molecule has 3 atom stereocenters. The molecule has 1 aliphatic carbocycles. The molecular formula is C8H17NO. The van der Waals surface area contributed by atoms with Gasteiger partial charge in [0.15, 0.2) is 0 Å². The van der Waals surface area contributed by atoms with Crippen molar-refractivity contribution in [2.45, 2.75) is 44.8 Å². The van der Waals surface area contributed by atoms with Gasteiger partial charge in [0, 0.05) is 6.04 Å². The highest BCUT2D eigenvalue weighted by atomic mass is 16.3. The van der Waals surface area contributed by atoms with Crippen molar-refractivity contribution in [1.82, 2.24) is 0 Å². The van der Waals surface area contributed by atoms with Crippen molar-refractivity contribution in [3.63, 3.8) is 0 Å². The topological polar surface area (TPSA) is 46.2 Å². The maximum absolute atomic E-state index is 9.45. The molecule has 0 bridgehead atoms. The molecule has 0 aliphatic heterocycles. The summed E-state index contributed by atoms with van der Waals surface area (Å²) >= 11 is 0. The maximum atomic E-state index is 9.45. The van der Waals surface area contributed by atoms with Crippen LogP contribution >= 0.6 is 0 Å². The number of aliphatic hydroxyl groups is 1. The smallest absolute Gasteiger partial charge is 0.0580 e. The highest BCUT2D eigenvalue weighted by molar-refractivity contribution is 4.84. The third-order valence-electron chi connectivity index (χ3n) is 2.54. The zero-order chi connectivity index (χ0) is 7.56. The van der Waals surface area contributed by atoms with E-state index in [-0.39, 0.29) is 12.1 Å². The van der Waals surface area contributed by atoms with Gasteiger partial charge in [-0.25, -0.2) is 0 Å². The van der Waals surface area contributed by atoms with E-state index in [0.29, 0.717) is 5.92 Å². The van der Waals surface area contributed by atoms with E-state index >= 15 is 0 Å². The Morgan fingerprint density at radius 2 is 2.30 bits per heavy atom. The van der Waals surface area contributed by atoms with Crippen molar-refractivity contribution in [2.75, 3.05) is 0 Å². The predicted molar refractivity (Wildman–Crippen MR) is 41.6 cm³/mol. The molecule has 1 saturated carbocycles. The van der Waals surface area contributed by atoms with E-state index in [1.54, 1.807) is 0 Å². The molecule has 0 aromatic rings.